The number of amides is 1. The Morgan fingerprint density at radius 1 is 1.46 bits per heavy atom. The van der Waals surface area contributed by atoms with Gasteiger partial charge >= 0.3 is 0 Å². The van der Waals surface area contributed by atoms with Crippen molar-refractivity contribution in [1.29, 1.82) is 0 Å². The highest BCUT2D eigenvalue weighted by atomic mass is 32.2. The lowest BCUT2D eigenvalue weighted by Gasteiger charge is -2.22. The number of hydrogen-bond donors (Lipinski definition) is 2. The highest BCUT2D eigenvalue weighted by Crippen LogP contribution is 2.21. The summed E-state index contributed by atoms with van der Waals surface area (Å²) in [5, 5.41) is 2.83. The van der Waals surface area contributed by atoms with E-state index in [0.717, 1.165) is 6.26 Å². The topological polar surface area (TPSA) is 109 Å². The molecule has 2 rings (SSSR count). The van der Waals surface area contributed by atoms with Crippen LogP contribution < -0.4 is 11.1 Å². The number of likely N-dealkylation sites (N-methyl/N-ethyl adjacent to an activating group) is 1. The molecule has 8 nitrogen and oxygen atoms in total. The van der Waals surface area contributed by atoms with Crippen molar-refractivity contribution in [1.82, 2.24) is 14.5 Å². The summed E-state index contributed by atoms with van der Waals surface area (Å²) < 4.78 is 29.8. The van der Waals surface area contributed by atoms with Gasteiger partial charge in [0, 0.05) is 26.2 Å². The van der Waals surface area contributed by atoms with Crippen LogP contribution in [0.15, 0.2) is 16.5 Å². The second-order valence-corrected chi connectivity index (χ2v) is 8.31. The maximum atomic E-state index is 12.1. The zero-order chi connectivity index (χ0) is 17.9. The number of nitrogens with one attached hydrogen (secondary N) is 1. The molecular weight excluding hydrogens is 332 g/mol. The minimum atomic E-state index is -3.25. The molecule has 0 unspecified atom stereocenters. The predicted molar refractivity (Wildman–Crippen MR) is 90.5 cm³/mol. The smallest absolute Gasteiger partial charge is 0.237 e. The van der Waals surface area contributed by atoms with Crippen LogP contribution in [0, 0.1) is 0 Å². The lowest BCUT2D eigenvalue weighted by Crippen LogP contribution is -2.42. The van der Waals surface area contributed by atoms with E-state index < -0.39 is 10.0 Å². The predicted octanol–water partition coefficient (Wildman–Crippen LogP) is -0.291. The first-order valence-electron chi connectivity index (χ1n) is 7.97. The molecule has 24 heavy (non-hydrogen) atoms. The van der Waals surface area contributed by atoms with Crippen molar-refractivity contribution in [2.24, 2.45) is 5.73 Å². The Bertz CT molecular complexity index is 673. The van der Waals surface area contributed by atoms with Crippen LogP contribution in [0.25, 0.3) is 0 Å². The van der Waals surface area contributed by atoms with E-state index in [0.29, 0.717) is 37.6 Å². The van der Waals surface area contributed by atoms with Crippen LogP contribution in [-0.2, 0) is 27.9 Å². The second kappa shape index (κ2) is 7.64. The number of nitrogens with zero attached hydrogens (tertiary/aromatic N) is 2. The van der Waals surface area contributed by atoms with Gasteiger partial charge in [0.15, 0.2) is 0 Å². The minimum Gasteiger partial charge on any atom is -0.463 e. The zero-order valence-corrected chi connectivity index (χ0v) is 15.2. The third kappa shape index (κ3) is 4.79. The molecule has 1 fully saturated rings. The van der Waals surface area contributed by atoms with Crippen molar-refractivity contribution < 1.29 is 17.6 Å². The van der Waals surface area contributed by atoms with E-state index >= 15 is 0 Å². The van der Waals surface area contributed by atoms with Gasteiger partial charge in [-0.2, -0.15) is 4.31 Å². The molecule has 2 atom stereocenters. The molecule has 0 spiro atoms. The molecular formula is C15H26N4O4S. The lowest BCUT2D eigenvalue weighted by molar-refractivity contribution is -0.125. The summed E-state index contributed by atoms with van der Waals surface area (Å²) in [5.74, 6) is 1.24. The summed E-state index contributed by atoms with van der Waals surface area (Å²) in [4.78, 5) is 14.1. The van der Waals surface area contributed by atoms with E-state index in [2.05, 4.69) is 5.32 Å². The summed E-state index contributed by atoms with van der Waals surface area (Å²) in [6, 6.07) is 3.27. The van der Waals surface area contributed by atoms with E-state index in [-0.39, 0.29) is 24.5 Å². The van der Waals surface area contributed by atoms with Crippen LogP contribution >= 0.6 is 0 Å². The van der Waals surface area contributed by atoms with E-state index in [4.69, 9.17) is 10.2 Å². The van der Waals surface area contributed by atoms with Crippen molar-refractivity contribution in [3.05, 3.63) is 23.7 Å². The third-order valence-corrected chi connectivity index (χ3v) is 5.37. The van der Waals surface area contributed by atoms with Gasteiger partial charge in [0.25, 0.3) is 0 Å². The Hall–Kier alpha value is -1.42. The largest absolute Gasteiger partial charge is 0.463 e. The molecule has 1 aromatic heterocycles. The van der Waals surface area contributed by atoms with E-state index in [1.165, 1.54) is 11.4 Å². The zero-order valence-electron chi connectivity index (χ0n) is 14.4. The van der Waals surface area contributed by atoms with Crippen LogP contribution in [0.5, 0.6) is 0 Å². The van der Waals surface area contributed by atoms with Gasteiger partial charge in [-0.3, -0.25) is 9.69 Å². The molecule has 1 amide bonds. The van der Waals surface area contributed by atoms with Gasteiger partial charge in [0.2, 0.25) is 15.9 Å². The molecule has 1 saturated heterocycles. The van der Waals surface area contributed by atoms with E-state index in [1.807, 2.05) is 17.9 Å². The van der Waals surface area contributed by atoms with Gasteiger partial charge in [-0.15, -0.1) is 0 Å². The number of carbonyl (C=O) groups is 1. The highest BCUT2D eigenvalue weighted by molar-refractivity contribution is 7.88. The molecule has 0 aliphatic carbocycles. The summed E-state index contributed by atoms with van der Waals surface area (Å²) in [6.45, 7) is 3.74. The van der Waals surface area contributed by atoms with Crippen LogP contribution in [0.3, 0.4) is 0 Å². The van der Waals surface area contributed by atoms with Gasteiger partial charge in [0.05, 0.1) is 25.4 Å². The number of hydrogen-bond acceptors (Lipinski definition) is 6. The van der Waals surface area contributed by atoms with Gasteiger partial charge in [-0.05, 0) is 25.5 Å². The first kappa shape index (κ1) is 18.9. The van der Waals surface area contributed by atoms with Crippen LogP contribution in [0.2, 0.25) is 0 Å². The Morgan fingerprint density at radius 3 is 2.75 bits per heavy atom. The molecule has 0 bridgehead atoms. The van der Waals surface area contributed by atoms with Crippen molar-refractivity contribution in [2.45, 2.75) is 38.5 Å². The highest BCUT2D eigenvalue weighted by Gasteiger charge is 2.35. The number of nitrogens with two attached hydrogens (primary N) is 1. The molecule has 3 N–H and O–H groups in total. The minimum absolute atomic E-state index is 0.0194. The summed E-state index contributed by atoms with van der Waals surface area (Å²) in [6.07, 6.45) is 1.77. The Labute approximate surface area is 143 Å². The monoisotopic (exact) mass is 358 g/mol. The van der Waals surface area contributed by atoms with Gasteiger partial charge in [0.1, 0.15) is 11.5 Å². The fraction of sp³-hybridized carbons (Fsp3) is 0.667. The standard InChI is InChI=1S/C15H26N4O4S/c1-4-17-15(20)14-7-11(16)8-19(14)10-13-6-5-12(23-13)9-18(2)24(3,21)22/h5-6,11,14H,4,7-10,16H2,1-3H3,(H,17,20)/t11-,14+/m1/s1. The molecule has 0 radical (unpaired) electrons. The number of likely N-dealkylation sites (tertiary alicyclic amines) is 1. The van der Waals surface area contributed by atoms with Crippen molar-refractivity contribution in [3.63, 3.8) is 0 Å². The first-order chi connectivity index (χ1) is 11.2. The Kier molecular flexibility index (Phi) is 6.02. The van der Waals surface area contributed by atoms with Gasteiger partial charge in [-0.25, -0.2) is 8.42 Å². The van der Waals surface area contributed by atoms with Crippen LogP contribution in [0.1, 0.15) is 24.9 Å². The molecule has 9 heteroatoms. The Morgan fingerprint density at radius 2 is 2.12 bits per heavy atom. The molecule has 0 saturated carbocycles. The molecule has 1 aliphatic heterocycles. The van der Waals surface area contributed by atoms with Crippen molar-refractivity contribution >= 4 is 15.9 Å². The summed E-state index contributed by atoms with van der Waals surface area (Å²) >= 11 is 0. The van der Waals surface area contributed by atoms with Crippen molar-refractivity contribution in [2.75, 3.05) is 26.4 Å². The van der Waals surface area contributed by atoms with E-state index in [9.17, 15) is 13.2 Å². The fourth-order valence-corrected chi connectivity index (χ4v) is 3.17. The van der Waals surface area contributed by atoms with Gasteiger partial charge in [-0.1, -0.05) is 0 Å². The first-order valence-corrected chi connectivity index (χ1v) is 9.81. The normalized spacial score (nSPS) is 22.2. The molecule has 0 aromatic carbocycles. The van der Waals surface area contributed by atoms with Crippen LogP contribution in [-0.4, -0.2) is 62.0 Å². The fourth-order valence-electron chi connectivity index (χ4n) is 2.81. The Balaban J connectivity index is 2.01. The molecule has 1 aliphatic rings. The van der Waals surface area contributed by atoms with Crippen LogP contribution in [0.4, 0.5) is 0 Å². The molecule has 136 valence electrons. The number of carbonyl (C=O) groups excluding carboxylic acids is 1. The quantitative estimate of drug-likeness (QED) is 0.693. The number of rotatable bonds is 7. The second-order valence-electron chi connectivity index (χ2n) is 6.22. The number of sulfonamides is 1. The number of furan rings is 1. The summed E-state index contributed by atoms with van der Waals surface area (Å²) in [5.41, 5.74) is 6.00. The third-order valence-electron chi connectivity index (χ3n) is 4.11. The van der Waals surface area contributed by atoms with E-state index in [1.54, 1.807) is 6.07 Å². The molecule has 2 heterocycles. The van der Waals surface area contributed by atoms with Gasteiger partial charge < -0.3 is 15.5 Å². The molecule has 1 aromatic rings. The maximum Gasteiger partial charge on any atom is 0.237 e. The maximum absolute atomic E-state index is 12.1. The SMILES string of the molecule is CCNC(=O)[C@@H]1C[C@@H](N)CN1Cc1ccc(CN(C)S(C)(=O)=O)o1. The van der Waals surface area contributed by atoms with Crippen molar-refractivity contribution in [3.8, 4) is 0 Å². The summed E-state index contributed by atoms with van der Waals surface area (Å²) in [7, 11) is -1.75. The lowest BCUT2D eigenvalue weighted by atomic mass is 10.1. The average molecular weight is 358 g/mol. The average Bonchev–Trinajstić information content (AvgIpc) is 3.05.